The molecule has 2 aromatic rings. The first-order valence-electron chi connectivity index (χ1n) is 7.03. The Morgan fingerprint density at radius 1 is 1.16 bits per heavy atom. The molecule has 0 saturated carbocycles. The lowest BCUT2D eigenvalue weighted by Gasteiger charge is -2.35. The van der Waals surface area contributed by atoms with Crippen molar-refractivity contribution < 1.29 is 0 Å². The quantitative estimate of drug-likeness (QED) is 0.613. The molecule has 0 spiro atoms. The third-order valence-electron chi connectivity index (χ3n) is 4.46. The highest BCUT2D eigenvalue weighted by Crippen LogP contribution is 2.40. The summed E-state index contributed by atoms with van der Waals surface area (Å²) in [5.41, 5.74) is 2.99. The molecule has 1 aromatic heterocycles. The summed E-state index contributed by atoms with van der Waals surface area (Å²) in [5.74, 6) is 0.728. The van der Waals surface area contributed by atoms with E-state index in [9.17, 15) is 0 Å². The molecular formula is C17H20ClN. The van der Waals surface area contributed by atoms with E-state index < -0.39 is 0 Å². The van der Waals surface area contributed by atoms with Gasteiger partial charge in [-0.25, -0.2) is 4.98 Å². The maximum absolute atomic E-state index is 6.31. The molecule has 1 atom stereocenters. The highest BCUT2D eigenvalue weighted by atomic mass is 35.5. The van der Waals surface area contributed by atoms with Gasteiger partial charge in [0.25, 0.3) is 0 Å². The maximum atomic E-state index is 6.31. The SMILES string of the molecule is CC(C)(C)C1CCc2nc(Cl)c3ccccc3c2C1. The molecule has 1 heterocycles. The van der Waals surface area contributed by atoms with E-state index in [2.05, 4.69) is 44.0 Å². The summed E-state index contributed by atoms with van der Waals surface area (Å²) < 4.78 is 0. The van der Waals surface area contributed by atoms with Gasteiger partial charge in [-0.05, 0) is 41.5 Å². The van der Waals surface area contributed by atoms with E-state index in [0.717, 1.165) is 24.1 Å². The first-order valence-corrected chi connectivity index (χ1v) is 7.40. The zero-order valence-electron chi connectivity index (χ0n) is 11.8. The molecule has 1 unspecified atom stereocenters. The summed E-state index contributed by atoms with van der Waals surface area (Å²) in [5, 5.41) is 3.05. The normalized spacial score (nSPS) is 19.5. The summed E-state index contributed by atoms with van der Waals surface area (Å²) >= 11 is 6.31. The smallest absolute Gasteiger partial charge is 0.137 e. The Morgan fingerprint density at radius 2 is 1.84 bits per heavy atom. The topological polar surface area (TPSA) is 12.9 Å². The minimum absolute atomic E-state index is 0.360. The summed E-state index contributed by atoms with van der Waals surface area (Å²) in [6, 6.07) is 8.39. The van der Waals surface area contributed by atoms with Gasteiger partial charge in [0.2, 0.25) is 0 Å². The van der Waals surface area contributed by atoms with E-state index >= 15 is 0 Å². The van der Waals surface area contributed by atoms with Crippen LogP contribution in [0.2, 0.25) is 5.15 Å². The second-order valence-corrected chi connectivity index (χ2v) is 7.04. The van der Waals surface area contributed by atoms with Gasteiger partial charge in [-0.3, -0.25) is 0 Å². The summed E-state index contributed by atoms with van der Waals surface area (Å²) in [7, 11) is 0. The molecule has 1 aliphatic rings. The number of halogens is 1. The van der Waals surface area contributed by atoms with Crippen LogP contribution in [0.5, 0.6) is 0 Å². The van der Waals surface area contributed by atoms with E-state index in [1.807, 2.05) is 6.07 Å². The number of rotatable bonds is 0. The van der Waals surface area contributed by atoms with Gasteiger partial charge in [-0.1, -0.05) is 56.6 Å². The third kappa shape index (κ3) is 2.25. The Bertz CT molecular complexity index is 625. The molecule has 1 aliphatic carbocycles. The summed E-state index contributed by atoms with van der Waals surface area (Å²) in [6.45, 7) is 7.02. The van der Waals surface area contributed by atoms with Crippen molar-refractivity contribution in [3.63, 3.8) is 0 Å². The minimum Gasteiger partial charge on any atom is -0.240 e. The van der Waals surface area contributed by atoms with Crippen LogP contribution in [0.1, 0.15) is 38.4 Å². The predicted molar refractivity (Wildman–Crippen MR) is 81.7 cm³/mol. The number of pyridine rings is 1. The fraction of sp³-hybridized carbons (Fsp3) is 0.471. The standard InChI is InChI=1S/C17H20ClN/c1-17(2,3)11-8-9-15-14(10-11)12-6-4-5-7-13(12)16(18)19-15/h4-7,11H,8-10H2,1-3H3. The van der Waals surface area contributed by atoms with E-state index in [1.165, 1.54) is 23.1 Å². The molecule has 0 saturated heterocycles. The van der Waals surface area contributed by atoms with Gasteiger partial charge >= 0.3 is 0 Å². The average molecular weight is 274 g/mol. The van der Waals surface area contributed by atoms with Crippen molar-refractivity contribution in [1.82, 2.24) is 4.98 Å². The lowest BCUT2D eigenvalue weighted by Crippen LogP contribution is -2.27. The first kappa shape index (κ1) is 12.9. The van der Waals surface area contributed by atoms with E-state index in [1.54, 1.807) is 0 Å². The Labute approximate surface area is 120 Å². The van der Waals surface area contributed by atoms with E-state index in [-0.39, 0.29) is 0 Å². The van der Waals surface area contributed by atoms with Gasteiger partial charge in [0, 0.05) is 11.1 Å². The van der Waals surface area contributed by atoms with Crippen LogP contribution in [0.15, 0.2) is 24.3 Å². The maximum Gasteiger partial charge on any atom is 0.137 e. The van der Waals surface area contributed by atoms with Crippen LogP contribution in [0.4, 0.5) is 0 Å². The Morgan fingerprint density at radius 3 is 2.53 bits per heavy atom. The molecule has 0 fully saturated rings. The molecule has 100 valence electrons. The molecule has 0 bridgehead atoms. The zero-order valence-corrected chi connectivity index (χ0v) is 12.6. The molecule has 2 heteroatoms. The molecular weight excluding hydrogens is 254 g/mol. The number of nitrogens with zero attached hydrogens (tertiary/aromatic N) is 1. The Kier molecular flexibility index (Phi) is 3.05. The highest BCUT2D eigenvalue weighted by Gasteiger charge is 2.30. The van der Waals surface area contributed by atoms with Gasteiger partial charge in [-0.2, -0.15) is 0 Å². The molecule has 19 heavy (non-hydrogen) atoms. The summed E-state index contributed by atoms with van der Waals surface area (Å²) in [4.78, 5) is 4.62. The molecule has 1 nitrogen and oxygen atoms in total. The van der Waals surface area contributed by atoms with Crippen molar-refractivity contribution in [1.29, 1.82) is 0 Å². The number of hydrogen-bond donors (Lipinski definition) is 0. The van der Waals surface area contributed by atoms with Gasteiger partial charge < -0.3 is 0 Å². The second-order valence-electron chi connectivity index (χ2n) is 6.68. The fourth-order valence-electron chi connectivity index (χ4n) is 3.16. The van der Waals surface area contributed by atoms with E-state index in [4.69, 9.17) is 11.6 Å². The van der Waals surface area contributed by atoms with Crippen LogP contribution in [0.3, 0.4) is 0 Å². The van der Waals surface area contributed by atoms with Crippen LogP contribution < -0.4 is 0 Å². The van der Waals surface area contributed by atoms with Crippen LogP contribution in [0, 0.1) is 11.3 Å². The van der Waals surface area contributed by atoms with Crippen LogP contribution in [-0.4, -0.2) is 4.98 Å². The largest absolute Gasteiger partial charge is 0.240 e. The monoisotopic (exact) mass is 273 g/mol. The van der Waals surface area contributed by atoms with Crippen molar-refractivity contribution in [2.75, 3.05) is 0 Å². The highest BCUT2D eigenvalue weighted by molar-refractivity contribution is 6.34. The van der Waals surface area contributed by atoms with Crippen molar-refractivity contribution in [2.24, 2.45) is 11.3 Å². The van der Waals surface area contributed by atoms with Crippen molar-refractivity contribution in [2.45, 2.75) is 40.0 Å². The molecule has 0 amide bonds. The van der Waals surface area contributed by atoms with Crippen molar-refractivity contribution in [3.05, 3.63) is 40.7 Å². The minimum atomic E-state index is 0.360. The van der Waals surface area contributed by atoms with Crippen LogP contribution in [-0.2, 0) is 12.8 Å². The van der Waals surface area contributed by atoms with Gasteiger partial charge in [-0.15, -0.1) is 0 Å². The van der Waals surface area contributed by atoms with Gasteiger partial charge in [0.05, 0.1) is 0 Å². The average Bonchev–Trinajstić information content (AvgIpc) is 2.37. The summed E-state index contributed by atoms with van der Waals surface area (Å²) in [6.07, 6.45) is 3.41. The number of aryl methyl sites for hydroxylation is 1. The number of hydrogen-bond acceptors (Lipinski definition) is 1. The fourth-order valence-corrected chi connectivity index (χ4v) is 3.43. The number of benzene rings is 1. The number of aromatic nitrogens is 1. The third-order valence-corrected chi connectivity index (χ3v) is 4.75. The van der Waals surface area contributed by atoms with Crippen LogP contribution in [0.25, 0.3) is 10.8 Å². The Balaban J connectivity index is 2.16. The van der Waals surface area contributed by atoms with Gasteiger partial charge in [0.1, 0.15) is 5.15 Å². The van der Waals surface area contributed by atoms with Crippen molar-refractivity contribution >= 4 is 22.4 Å². The Hall–Kier alpha value is -1.08. The van der Waals surface area contributed by atoms with E-state index in [0.29, 0.717) is 10.6 Å². The van der Waals surface area contributed by atoms with Crippen molar-refractivity contribution in [3.8, 4) is 0 Å². The zero-order chi connectivity index (χ0) is 13.6. The molecule has 1 aromatic carbocycles. The second kappa shape index (κ2) is 4.49. The van der Waals surface area contributed by atoms with Gasteiger partial charge in [0.15, 0.2) is 0 Å². The predicted octanol–water partition coefficient (Wildman–Crippen LogP) is 5.04. The first-order chi connectivity index (χ1) is 8.97. The number of fused-ring (bicyclic) bond motifs is 3. The molecule has 0 aliphatic heterocycles. The lowest BCUT2D eigenvalue weighted by atomic mass is 9.71. The molecule has 3 rings (SSSR count). The molecule has 0 N–H and O–H groups in total. The lowest BCUT2D eigenvalue weighted by molar-refractivity contribution is 0.215. The van der Waals surface area contributed by atoms with Crippen LogP contribution >= 0.6 is 11.6 Å². The molecule has 0 radical (unpaired) electrons.